The van der Waals surface area contributed by atoms with Crippen LogP contribution in [0.15, 0.2) is 29.2 Å². The molecule has 6 heteroatoms. The number of aromatic nitrogens is 4. The fourth-order valence-electron chi connectivity index (χ4n) is 6.82. The van der Waals surface area contributed by atoms with E-state index in [2.05, 4.69) is 46.7 Å². The predicted octanol–water partition coefficient (Wildman–Crippen LogP) is 3.92. The maximum Gasteiger partial charge on any atom is 0.143 e. The molecule has 4 aliphatic carbocycles. The summed E-state index contributed by atoms with van der Waals surface area (Å²) in [6, 6.07) is 0. The maximum atomic E-state index is 9.19. The second-order valence-electron chi connectivity index (χ2n) is 9.13. The van der Waals surface area contributed by atoms with Crippen molar-refractivity contribution in [3.8, 4) is 0 Å². The first-order valence-corrected chi connectivity index (χ1v) is 9.92. The van der Waals surface area contributed by atoms with Crippen molar-refractivity contribution in [1.29, 1.82) is 0 Å². The molecule has 1 heterocycles. The van der Waals surface area contributed by atoms with E-state index in [1.54, 1.807) is 6.33 Å². The summed E-state index contributed by atoms with van der Waals surface area (Å²) in [4.78, 5) is 0. The van der Waals surface area contributed by atoms with Crippen molar-refractivity contribution >= 4 is 11.4 Å². The van der Waals surface area contributed by atoms with Crippen molar-refractivity contribution in [1.82, 2.24) is 20.2 Å². The molecule has 0 spiro atoms. The minimum absolute atomic E-state index is 0.181. The third-order valence-electron chi connectivity index (χ3n) is 8.24. The Balaban J connectivity index is 1.47. The van der Waals surface area contributed by atoms with Crippen LogP contribution in [-0.4, -0.2) is 31.1 Å². The Morgan fingerprint density at radius 1 is 1.15 bits per heavy atom. The van der Waals surface area contributed by atoms with Gasteiger partial charge in [0.1, 0.15) is 6.33 Å². The Morgan fingerprint density at radius 2 is 2.04 bits per heavy atom. The summed E-state index contributed by atoms with van der Waals surface area (Å²) in [5.41, 5.74) is 4.14. The van der Waals surface area contributed by atoms with Crippen molar-refractivity contribution in [3.05, 3.63) is 24.1 Å². The molecule has 0 saturated heterocycles. The van der Waals surface area contributed by atoms with Gasteiger partial charge in [-0.05, 0) is 84.6 Å². The van der Waals surface area contributed by atoms with Crippen LogP contribution in [-0.2, 0) is 0 Å². The highest BCUT2D eigenvalue weighted by molar-refractivity contribution is 5.96. The van der Waals surface area contributed by atoms with E-state index < -0.39 is 0 Å². The van der Waals surface area contributed by atoms with E-state index in [4.69, 9.17) is 0 Å². The van der Waals surface area contributed by atoms with Crippen LogP contribution >= 0.6 is 0 Å². The molecule has 2 saturated carbocycles. The van der Waals surface area contributed by atoms with Gasteiger partial charge >= 0.3 is 0 Å². The van der Waals surface area contributed by atoms with Crippen LogP contribution in [0.4, 0.5) is 0 Å². The van der Waals surface area contributed by atoms with E-state index in [1.807, 2.05) is 4.68 Å². The van der Waals surface area contributed by atoms with Crippen molar-refractivity contribution in [2.75, 3.05) is 0 Å². The quantitative estimate of drug-likeness (QED) is 0.613. The number of nitrogens with zero attached hydrogens (tertiary/aromatic N) is 5. The molecule has 2 fully saturated rings. The van der Waals surface area contributed by atoms with E-state index in [0.29, 0.717) is 5.92 Å². The van der Waals surface area contributed by atoms with E-state index >= 15 is 0 Å². The zero-order chi connectivity index (χ0) is 17.9. The lowest BCUT2D eigenvalue weighted by molar-refractivity contribution is -0.0207. The van der Waals surface area contributed by atoms with Gasteiger partial charge in [-0.2, -0.15) is 0 Å². The minimum atomic E-state index is 0.181. The van der Waals surface area contributed by atoms with Gasteiger partial charge in [0.05, 0.1) is 5.71 Å². The Bertz CT molecular complexity index is 810. The zero-order valence-corrected chi connectivity index (χ0v) is 15.6. The first-order valence-electron chi connectivity index (χ1n) is 9.92. The van der Waals surface area contributed by atoms with Crippen LogP contribution < -0.4 is 0 Å². The smallest absolute Gasteiger partial charge is 0.143 e. The molecule has 4 unspecified atom stereocenters. The SMILES string of the molecule is CC12CC[C@@H]3C(CCC4=C/C(=N/O)CCC43C)C1CC=C2n1cnnn1. The second-order valence-corrected chi connectivity index (χ2v) is 9.13. The molecule has 138 valence electrons. The topological polar surface area (TPSA) is 76.2 Å². The molecule has 0 bridgehead atoms. The van der Waals surface area contributed by atoms with E-state index in [1.165, 1.54) is 30.5 Å². The molecule has 0 amide bonds. The first kappa shape index (κ1) is 16.2. The monoisotopic (exact) mass is 353 g/mol. The third kappa shape index (κ3) is 2.04. The van der Waals surface area contributed by atoms with Crippen molar-refractivity contribution in [2.24, 2.45) is 33.7 Å². The Morgan fingerprint density at radius 3 is 2.81 bits per heavy atom. The lowest BCUT2D eigenvalue weighted by Crippen LogP contribution is -2.50. The molecule has 0 aliphatic heterocycles. The highest BCUT2D eigenvalue weighted by atomic mass is 16.4. The minimum Gasteiger partial charge on any atom is -0.411 e. The molecule has 0 radical (unpaired) electrons. The summed E-state index contributed by atoms with van der Waals surface area (Å²) < 4.78 is 1.89. The van der Waals surface area contributed by atoms with Gasteiger partial charge in [0.15, 0.2) is 0 Å². The summed E-state index contributed by atoms with van der Waals surface area (Å²) in [6.07, 6.45) is 14.3. The molecule has 5 rings (SSSR count). The number of oxime groups is 1. The van der Waals surface area contributed by atoms with Crippen molar-refractivity contribution in [3.63, 3.8) is 0 Å². The van der Waals surface area contributed by atoms with Crippen LogP contribution in [0.3, 0.4) is 0 Å². The summed E-state index contributed by atoms with van der Waals surface area (Å²) in [6.45, 7) is 4.90. The van der Waals surface area contributed by atoms with Crippen LogP contribution in [0.2, 0.25) is 0 Å². The average molecular weight is 353 g/mol. The Hall–Kier alpha value is -1.98. The normalized spacial score (nSPS) is 43.3. The largest absolute Gasteiger partial charge is 0.411 e. The Kier molecular flexibility index (Phi) is 3.43. The molecule has 4 aliphatic rings. The number of tetrazole rings is 1. The van der Waals surface area contributed by atoms with Gasteiger partial charge in [-0.15, -0.1) is 5.10 Å². The first-order chi connectivity index (χ1) is 12.6. The van der Waals surface area contributed by atoms with Crippen LogP contribution in [0, 0.1) is 28.6 Å². The van der Waals surface area contributed by atoms with E-state index in [0.717, 1.165) is 43.2 Å². The van der Waals surface area contributed by atoms with Crippen LogP contribution in [0.1, 0.15) is 58.8 Å². The summed E-state index contributed by atoms with van der Waals surface area (Å²) >= 11 is 0. The zero-order valence-electron chi connectivity index (χ0n) is 15.6. The summed E-state index contributed by atoms with van der Waals surface area (Å²) in [5, 5.41) is 24.6. The number of allylic oxidation sites excluding steroid dienone is 4. The number of hydrogen-bond donors (Lipinski definition) is 1. The molecule has 5 atom stereocenters. The van der Waals surface area contributed by atoms with E-state index in [-0.39, 0.29) is 10.8 Å². The van der Waals surface area contributed by atoms with Gasteiger partial charge in [-0.3, -0.25) is 0 Å². The van der Waals surface area contributed by atoms with Crippen molar-refractivity contribution in [2.45, 2.75) is 58.8 Å². The number of hydrogen-bond acceptors (Lipinski definition) is 5. The van der Waals surface area contributed by atoms with Gasteiger partial charge < -0.3 is 5.21 Å². The van der Waals surface area contributed by atoms with Gasteiger partial charge in [0.2, 0.25) is 0 Å². The average Bonchev–Trinajstić information content (AvgIpc) is 3.27. The molecular formula is C20H27N5O. The highest BCUT2D eigenvalue weighted by Crippen LogP contribution is 2.65. The standard InChI is InChI=1S/C20H27N5O/c1-19-9-7-14(22-26)11-13(19)3-4-15-16-5-6-18(25-12-21-23-24-25)20(16,2)10-8-17(15)19/h6,11-12,15-17,26H,3-5,7-10H2,1-2H3/b22-14+/t15?,16?,17-,19?,20?/m1/s1. The van der Waals surface area contributed by atoms with E-state index in [9.17, 15) is 5.21 Å². The number of rotatable bonds is 1. The molecule has 1 aromatic heterocycles. The van der Waals surface area contributed by atoms with Gasteiger partial charge in [-0.1, -0.05) is 30.7 Å². The fourth-order valence-corrected chi connectivity index (χ4v) is 6.82. The lowest BCUT2D eigenvalue weighted by Gasteiger charge is -2.57. The van der Waals surface area contributed by atoms with Gasteiger partial charge in [0.25, 0.3) is 0 Å². The number of fused-ring (bicyclic) bond motifs is 5. The predicted molar refractivity (Wildman–Crippen MR) is 98.4 cm³/mol. The molecular weight excluding hydrogens is 326 g/mol. The Labute approximate surface area is 154 Å². The molecule has 1 aromatic rings. The molecule has 6 nitrogen and oxygen atoms in total. The third-order valence-corrected chi connectivity index (χ3v) is 8.24. The fraction of sp³-hybridized carbons (Fsp3) is 0.700. The van der Waals surface area contributed by atoms with Crippen molar-refractivity contribution < 1.29 is 5.21 Å². The summed E-state index contributed by atoms with van der Waals surface area (Å²) in [7, 11) is 0. The molecule has 1 N–H and O–H groups in total. The van der Waals surface area contributed by atoms with Gasteiger partial charge in [0, 0.05) is 11.1 Å². The molecule has 26 heavy (non-hydrogen) atoms. The van der Waals surface area contributed by atoms with Gasteiger partial charge in [-0.25, -0.2) is 4.68 Å². The lowest BCUT2D eigenvalue weighted by atomic mass is 9.47. The highest BCUT2D eigenvalue weighted by Gasteiger charge is 2.57. The molecule has 0 aromatic carbocycles. The second kappa shape index (κ2) is 5.51. The van der Waals surface area contributed by atoms with Crippen LogP contribution in [0.5, 0.6) is 0 Å². The summed E-state index contributed by atoms with van der Waals surface area (Å²) in [5.74, 6) is 2.18. The van der Waals surface area contributed by atoms with Crippen LogP contribution in [0.25, 0.3) is 5.70 Å². The maximum absolute atomic E-state index is 9.19.